The van der Waals surface area contributed by atoms with Crippen molar-refractivity contribution < 1.29 is 9.53 Å². The molecule has 0 atom stereocenters. The summed E-state index contributed by atoms with van der Waals surface area (Å²) in [5.41, 5.74) is 3.66. The van der Waals surface area contributed by atoms with Crippen LogP contribution < -0.4 is 5.32 Å². The lowest BCUT2D eigenvalue weighted by Crippen LogP contribution is -2.09. The Morgan fingerprint density at radius 3 is 2.41 bits per heavy atom. The van der Waals surface area contributed by atoms with Crippen molar-refractivity contribution in [1.29, 1.82) is 0 Å². The Bertz CT molecular complexity index is 998. The monoisotopic (exact) mass is 475 g/mol. The van der Waals surface area contributed by atoms with Crippen LogP contribution in [0.2, 0.25) is 10.0 Å². The highest BCUT2D eigenvalue weighted by Crippen LogP contribution is 2.26. The minimum Gasteiger partial charge on any atom is -0.462 e. The van der Waals surface area contributed by atoms with Crippen LogP contribution in [-0.2, 0) is 4.74 Å². The average Bonchev–Trinajstić information content (AvgIpc) is 2.81. The Morgan fingerprint density at radius 1 is 1.12 bits per heavy atom. The van der Waals surface area contributed by atoms with Gasteiger partial charge in [0.25, 0.3) is 0 Å². The maximum absolute atomic E-state index is 12.1. The van der Waals surface area contributed by atoms with Gasteiger partial charge in [0.15, 0.2) is 0 Å². The van der Waals surface area contributed by atoms with Gasteiger partial charge in [-0.3, -0.25) is 4.98 Å². The van der Waals surface area contributed by atoms with E-state index in [0.717, 1.165) is 17.7 Å². The molecule has 0 radical (unpaired) electrons. The van der Waals surface area contributed by atoms with Gasteiger partial charge in [0.1, 0.15) is 5.82 Å². The molecule has 7 heteroatoms. The average molecular weight is 476 g/mol. The van der Waals surface area contributed by atoms with Crippen LogP contribution in [0.5, 0.6) is 0 Å². The van der Waals surface area contributed by atoms with Crippen LogP contribution in [0.1, 0.15) is 63.9 Å². The standard InChI is InChI=1S/C23H25Cl2N3O2.C2H6/c1-5-15(4)10-21(16-11-17(14-26-13-16)23(29)30-7-3)28-22(6-2)27-18-8-9-19(24)20(25)12-18;1-2/h6,8-14,27H,5,7H2,1-4H3;1-2H3/b15-10+,22-6-,28-21+;. The van der Waals surface area contributed by atoms with Crippen molar-refractivity contribution in [1.82, 2.24) is 4.98 Å². The molecule has 2 aromatic rings. The largest absolute Gasteiger partial charge is 0.462 e. The second kappa shape index (κ2) is 14.4. The first-order valence-electron chi connectivity index (χ1n) is 10.6. The predicted octanol–water partition coefficient (Wildman–Crippen LogP) is 7.71. The van der Waals surface area contributed by atoms with E-state index >= 15 is 0 Å². The second-order valence-corrected chi connectivity index (χ2v) is 7.27. The van der Waals surface area contributed by atoms with E-state index in [1.807, 2.05) is 45.9 Å². The van der Waals surface area contributed by atoms with Crippen molar-refractivity contribution in [3.05, 3.63) is 81.4 Å². The molecule has 32 heavy (non-hydrogen) atoms. The molecule has 1 heterocycles. The number of allylic oxidation sites excluding steroid dienone is 3. The topological polar surface area (TPSA) is 63.6 Å². The number of halogens is 2. The number of esters is 1. The number of ether oxygens (including phenoxy) is 1. The van der Waals surface area contributed by atoms with Crippen molar-refractivity contribution in [2.75, 3.05) is 11.9 Å². The van der Waals surface area contributed by atoms with Gasteiger partial charge in [-0.05, 0) is 63.6 Å². The molecule has 0 saturated heterocycles. The van der Waals surface area contributed by atoms with Crippen LogP contribution >= 0.6 is 23.2 Å². The Hall–Kier alpha value is -2.63. The summed E-state index contributed by atoms with van der Waals surface area (Å²) in [5.74, 6) is 0.202. The van der Waals surface area contributed by atoms with Gasteiger partial charge in [-0.2, -0.15) is 0 Å². The Balaban J connectivity index is 0.00000249. The van der Waals surface area contributed by atoms with Crippen LogP contribution in [0.4, 0.5) is 5.69 Å². The number of anilines is 1. The zero-order chi connectivity index (χ0) is 24.1. The highest BCUT2D eigenvalue weighted by atomic mass is 35.5. The van der Waals surface area contributed by atoms with Crippen LogP contribution in [0.25, 0.3) is 0 Å². The maximum Gasteiger partial charge on any atom is 0.339 e. The molecule has 0 aliphatic heterocycles. The first kappa shape index (κ1) is 27.4. The molecule has 0 spiro atoms. The first-order valence-corrected chi connectivity index (χ1v) is 11.4. The number of hydrogen-bond acceptors (Lipinski definition) is 5. The molecule has 1 N–H and O–H groups in total. The highest BCUT2D eigenvalue weighted by molar-refractivity contribution is 6.42. The third kappa shape index (κ3) is 8.48. The summed E-state index contributed by atoms with van der Waals surface area (Å²) in [4.78, 5) is 21.1. The number of nitrogens with one attached hydrogen (secondary N) is 1. The molecular formula is C25H31Cl2N3O2. The fraction of sp³-hybridized carbons (Fsp3) is 0.320. The fourth-order valence-corrected chi connectivity index (χ4v) is 2.74. The molecular weight excluding hydrogens is 445 g/mol. The maximum atomic E-state index is 12.1. The highest BCUT2D eigenvalue weighted by Gasteiger charge is 2.11. The molecule has 2 rings (SSSR count). The SMILES string of the molecule is CC.C\C=C(/N=C(\C=C(/C)CC)c1cncc(C(=O)OCC)c1)Nc1ccc(Cl)c(Cl)c1. The van der Waals surface area contributed by atoms with E-state index in [4.69, 9.17) is 32.9 Å². The molecule has 0 aliphatic carbocycles. The van der Waals surface area contributed by atoms with E-state index in [1.165, 1.54) is 6.20 Å². The number of benzene rings is 1. The van der Waals surface area contributed by atoms with Crippen LogP contribution in [0.3, 0.4) is 0 Å². The van der Waals surface area contributed by atoms with Gasteiger partial charge in [-0.1, -0.05) is 49.5 Å². The fourth-order valence-electron chi connectivity index (χ4n) is 2.44. The number of nitrogens with zero attached hydrogens (tertiary/aromatic N) is 2. The Morgan fingerprint density at radius 2 is 1.81 bits per heavy atom. The van der Waals surface area contributed by atoms with Crippen LogP contribution in [0.15, 0.2) is 65.2 Å². The Labute approximate surface area is 201 Å². The molecule has 1 aromatic carbocycles. The number of carbonyl (C=O) groups is 1. The summed E-state index contributed by atoms with van der Waals surface area (Å²) in [7, 11) is 0. The van der Waals surface area contributed by atoms with Gasteiger partial charge in [-0.15, -0.1) is 0 Å². The third-order valence-electron chi connectivity index (χ3n) is 4.19. The molecule has 0 bridgehead atoms. The number of aliphatic imine (C=N–C) groups is 1. The van der Waals surface area contributed by atoms with Crippen molar-refractivity contribution in [3.63, 3.8) is 0 Å². The van der Waals surface area contributed by atoms with E-state index < -0.39 is 5.97 Å². The Kier molecular flexibility index (Phi) is 12.4. The summed E-state index contributed by atoms with van der Waals surface area (Å²) in [5, 5.41) is 4.17. The van der Waals surface area contributed by atoms with Gasteiger partial charge in [0.2, 0.25) is 0 Å². The molecule has 172 valence electrons. The van der Waals surface area contributed by atoms with E-state index in [-0.39, 0.29) is 0 Å². The van der Waals surface area contributed by atoms with E-state index in [0.29, 0.717) is 39.3 Å². The number of hydrogen-bond donors (Lipinski definition) is 1. The number of aromatic nitrogens is 1. The quantitative estimate of drug-likeness (QED) is 0.313. The summed E-state index contributed by atoms with van der Waals surface area (Å²) >= 11 is 12.1. The van der Waals surface area contributed by atoms with Crippen molar-refractivity contribution in [2.45, 2.75) is 48.0 Å². The summed E-state index contributed by atoms with van der Waals surface area (Å²) in [6.45, 7) is 12.0. The molecule has 0 fully saturated rings. The third-order valence-corrected chi connectivity index (χ3v) is 4.93. The van der Waals surface area contributed by atoms with Crippen molar-refractivity contribution in [3.8, 4) is 0 Å². The molecule has 5 nitrogen and oxygen atoms in total. The van der Waals surface area contributed by atoms with E-state index in [1.54, 1.807) is 31.3 Å². The van der Waals surface area contributed by atoms with Crippen molar-refractivity contribution >= 4 is 40.6 Å². The van der Waals surface area contributed by atoms with Gasteiger partial charge in [-0.25, -0.2) is 9.79 Å². The second-order valence-electron chi connectivity index (χ2n) is 6.45. The minimum atomic E-state index is -0.414. The number of rotatable bonds is 8. The van der Waals surface area contributed by atoms with Crippen LogP contribution in [-0.4, -0.2) is 23.3 Å². The molecule has 1 aromatic heterocycles. The van der Waals surface area contributed by atoms with Crippen LogP contribution in [0, 0.1) is 0 Å². The van der Waals surface area contributed by atoms with E-state index in [2.05, 4.69) is 17.2 Å². The van der Waals surface area contributed by atoms with Gasteiger partial charge >= 0.3 is 5.97 Å². The lowest BCUT2D eigenvalue weighted by Gasteiger charge is -2.11. The zero-order valence-corrected chi connectivity index (χ0v) is 21.0. The zero-order valence-electron chi connectivity index (χ0n) is 19.5. The smallest absolute Gasteiger partial charge is 0.339 e. The summed E-state index contributed by atoms with van der Waals surface area (Å²) in [6.07, 6.45) is 7.86. The predicted molar refractivity (Wildman–Crippen MR) is 136 cm³/mol. The first-order chi connectivity index (χ1) is 15.4. The summed E-state index contributed by atoms with van der Waals surface area (Å²) in [6, 6.07) is 7.01. The van der Waals surface area contributed by atoms with Gasteiger partial charge in [0.05, 0.1) is 27.9 Å². The summed E-state index contributed by atoms with van der Waals surface area (Å²) < 4.78 is 5.09. The lowest BCUT2D eigenvalue weighted by molar-refractivity contribution is 0.0526. The van der Waals surface area contributed by atoms with E-state index in [9.17, 15) is 4.79 Å². The number of carbonyl (C=O) groups excluding carboxylic acids is 1. The normalized spacial score (nSPS) is 12.1. The molecule has 0 aliphatic rings. The minimum absolute atomic E-state index is 0.301. The van der Waals surface area contributed by atoms with Gasteiger partial charge < -0.3 is 10.1 Å². The van der Waals surface area contributed by atoms with Crippen molar-refractivity contribution in [2.24, 2.45) is 4.99 Å². The molecule has 0 amide bonds. The molecule has 0 saturated carbocycles. The molecule has 0 unspecified atom stereocenters. The van der Waals surface area contributed by atoms with Gasteiger partial charge in [0, 0.05) is 23.6 Å². The lowest BCUT2D eigenvalue weighted by atomic mass is 10.1. The number of pyridine rings is 1.